The quantitative estimate of drug-likeness (QED) is 0.759. The summed E-state index contributed by atoms with van der Waals surface area (Å²) >= 11 is 0. The molecule has 0 radical (unpaired) electrons. The maximum Gasteiger partial charge on any atom is 0.0401 e. The molecule has 1 aliphatic carbocycles. The fourth-order valence-electron chi connectivity index (χ4n) is 1.59. The number of aryl methyl sites for hydroxylation is 1. The van der Waals surface area contributed by atoms with E-state index < -0.39 is 0 Å². The average Bonchev–Trinajstić information content (AvgIpc) is 2.99. The third kappa shape index (κ3) is 2.23. The molecule has 1 fully saturated rings. The molecule has 1 aromatic rings. The van der Waals surface area contributed by atoms with E-state index in [2.05, 4.69) is 17.2 Å². The van der Waals surface area contributed by atoms with Gasteiger partial charge in [0.25, 0.3) is 0 Å². The van der Waals surface area contributed by atoms with Crippen molar-refractivity contribution in [3.63, 3.8) is 0 Å². The highest BCUT2D eigenvalue weighted by molar-refractivity contribution is 5.48. The molecule has 0 aliphatic heterocycles. The normalized spacial score (nSPS) is 17.9. The van der Waals surface area contributed by atoms with Crippen LogP contribution in [0.25, 0.3) is 0 Å². The molecule has 14 heavy (non-hydrogen) atoms. The van der Waals surface area contributed by atoms with Crippen LogP contribution in [0.4, 0.5) is 5.69 Å². The molecule has 3 nitrogen and oxygen atoms in total. The molecule has 1 heterocycles. The zero-order valence-electron chi connectivity index (χ0n) is 8.53. The van der Waals surface area contributed by atoms with E-state index in [1.807, 2.05) is 12.3 Å². The molecule has 1 atom stereocenters. The fraction of sp³-hybridized carbons (Fsp3) is 0.545. The van der Waals surface area contributed by atoms with Crippen LogP contribution in [-0.4, -0.2) is 17.6 Å². The predicted octanol–water partition coefficient (Wildman–Crippen LogP) is 1.54. The number of hydrogen-bond acceptors (Lipinski definition) is 3. The maximum atomic E-state index is 6.00. The molecule has 0 bridgehead atoms. The van der Waals surface area contributed by atoms with Crippen LogP contribution in [0, 0.1) is 12.8 Å². The minimum atomic E-state index is 0.308. The van der Waals surface area contributed by atoms with Crippen molar-refractivity contribution in [1.29, 1.82) is 0 Å². The highest BCUT2D eigenvalue weighted by Gasteiger charge is 2.27. The third-order valence-electron chi connectivity index (χ3n) is 2.78. The second-order valence-electron chi connectivity index (χ2n) is 4.07. The monoisotopic (exact) mass is 191 g/mol. The molecular weight excluding hydrogens is 174 g/mol. The Morgan fingerprint density at radius 3 is 3.07 bits per heavy atom. The Morgan fingerprint density at radius 1 is 1.64 bits per heavy atom. The van der Waals surface area contributed by atoms with Gasteiger partial charge in [-0.1, -0.05) is 0 Å². The van der Waals surface area contributed by atoms with E-state index in [1.165, 1.54) is 18.4 Å². The number of hydrogen-bond donors (Lipinski definition) is 2. The van der Waals surface area contributed by atoms with E-state index in [0.717, 1.165) is 18.2 Å². The molecule has 1 aromatic heterocycles. The van der Waals surface area contributed by atoms with Gasteiger partial charge in [-0.15, -0.1) is 0 Å². The van der Waals surface area contributed by atoms with Gasteiger partial charge in [-0.25, -0.2) is 0 Å². The molecule has 0 amide bonds. The lowest BCUT2D eigenvalue weighted by atomic mass is 10.2. The highest BCUT2D eigenvalue weighted by Crippen LogP contribution is 2.31. The minimum Gasteiger partial charge on any atom is -0.383 e. The Hall–Kier alpha value is -1.09. The maximum absolute atomic E-state index is 6.00. The van der Waals surface area contributed by atoms with Crippen molar-refractivity contribution in [2.24, 2.45) is 11.7 Å². The van der Waals surface area contributed by atoms with Crippen molar-refractivity contribution in [3.8, 4) is 0 Å². The summed E-state index contributed by atoms with van der Waals surface area (Å²) in [5.74, 6) is 0.754. The van der Waals surface area contributed by atoms with Gasteiger partial charge in [-0.3, -0.25) is 4.98 Å². The van der Waals surface area contributed by atoms with Crippen LogP contribution in [-0.2, 0) is 0 Å². The zero-order valence-corrected chi connectivity index (χ0v) is 8.53. The second-order valence-corrected chi connectivity index (χ2v) is 4.07. The molecule has 1 aliphatic rings. The van der Waals surface area contributed by atoms with Crippen molar-refractivity contribution in [2.45, 2.75) is 25.8 Å². The van der Waals surface area contributed by atoms with Gasteiger partial charge in [-0.05, 0) is 37.3 Å². The Morgan fingerprint density at radius 2 is 2.43 bits per heavy atom. The van der Waals surface area contributed by atoms with Crippen LogP contribution < -0.4 is 11.1 Å². The van der Waals surface area contributed by atoms with Gasteiger partial charge in [0.05, 0.1) is 0 Å². The van der Waals surface area contributed by atoms with Gasteiger partial charge in [0.15, 0.2) is 0 Å². The Labute approximate surface area is 84.7 Å². The smallest absolute Gasteiger partial charge is 0.0401 e. The first-order chi connectivity index (χ1) is 6.77. The zero-order chi connectivity index (χ0) is 9.97. The summed E-state index contributed by atoms with van der Waals surface area (Å²) in [6.07, 6.45) is 6.28. The number of nitrogens with two attached hydrogens (primary N) is 1. The molecule has 76 valence electrons. The first kappa shape index (κ1) is 9.46. The van der Waals surface area contributed by atoms with Gasteiger partial charge in [0.2, 0.25) is 0 Å². The van der Waals surface area contributed by atoms with E-state index in [1.54, 1.807) is 6.20 Å². The summed E-state index contributed by atoms with van der Waals surface area (Å²) in [5, 5.41) is 3.37. The number of aromatic nitrogens is 1. The van der Waals surface area contributed by atoms with Gasteiger partial charge < -0.3 is 11.1 Å². The minimum absolute atomic E-state index is 0.308. The fourth-order valence-corrected chi connectivity index (χ4v) is 1.59. The number of pyridine rings is 1. The Bertz CT molecular complexity index is 307. The predicted molar refractivity (Wildman–Crippen MR) is 58.2 cm³/mol. The van der Waals surface area contributed by atoms with Crippen molar-refractivity contribution in [3.05, 3.63) is 24.0 Å². The van der Waals surface area contributed by atoms with Crippen LogP contribution >= 0.6 is 0 Å². The first-order valence-corrected chi connectivity index (χ1v) is 5.17. The van der Waals surface area contributed by atoms with Crippen LogP contribution in [0.5, 0.6) is 0 Å². The summed E-state index contributed by atoms with van der Waals surface area (Å²) in [6, 6.07) is 2.30. The van der Waals surface area contributed by atoms with E-state index >= 15 is 0 Å². The van der Waals surface area contributed by atoms with Crippen LogP contribution in [0.1, 0.15) is 18.4 Å². The molecule has 0 saturated heterocycles. The van der Waals surface area contributed by atoms with Gasteiger partial charge in [-0.2, -0.15) is 0 Å². The summed E-state index contributed by atoms with van der Waals surface area (Å²) in [7, 11) is 0. The average molecular weight is 191 g/mol. The number of anilines is 1. The van der Waals surface area contributed by atoms with E-state index in [9.17, 15) is 0 Å². The molecule has 1 saturated carbocycles. The molecule has 2 rings (SSSR count). The van der Waals surface area contributed by atoms with E-state index in [4.69, 9.17) is 5.73 Å². The van der Waals surface area contributed by atoms with Gasteiger partial charge in [0.1, 0.15) is 0 Å². The lowest BCUT2D eigenvalue weighted by Crippen LogP contribution is -2.31. The van der Waals surface area contributed by atoms with Crippen LogP contribution in [0.3, 0.4) is 0 Å². The lowest BCUT2D eigenvalue weighted by molar-refractivity contribution is 0.621. The SMILES string of the molecule is Cc1cnccc1NCC(N)C1CC1. The Balaban J connectivity index is 1.87. The summed E-state index contributed by atoms with van der Waals surface area (Å²) in [6.45, 7) is 2.92. The largest absolute Gasteiger partial charge is 0.383 e. The highest BCUT2D eigenvalue weighted by atomic mass is 14.9. The topological polar surface area (TPSA) is 50.9 Å². The van der Waals surface area contributed by atoms with E-state index in [-0.39, 0.29) is 0 Å². The summed E-state index contributed by atoms with van der Waals surface area (Å²) in [4.78, 5) is 4.05. The number of rotatable bonds is 4. The standard InChI is InChI=1S/C11H17N3/c1-8-6-13-5-4-11(8)14-7-10(12)9-2-3-9/h4-6,9-10H,2-3,7,12H2,1H3,(H,13,14). The molecule has 3 heteroatoms. The van der Waals surface area contributed by atoms with Crippen molar-refractivity contribution in [1.82, 2.24) is 4.98 Å². The molecule has 0 spiro atoms. The van der Waals surface area contributed by atoms with Crippen LogP contribution in [0.15, 0.2) is 18.5 Å². The van der Waals surface area contributed by atoms with Crippen molar-refractivity contribution >= 4 is 5.69 Å². The van der Waals surface area contributed by atoms with Crippen molar-refractivity contribution < 1.29 is 0 Å². The molecule has 0 aromatic carbocycles. The molecular formula is C11H17N3. The molecule has 1 unspecified atom stereocenters. The molecule has 3 N–H and O–H groups in total. The van der Waals surface area contributed by atoms with Gasteiger partial charge in [0, 0.05) is 30.7 Å². The van der Waals surface area contributed by atoms with Gasteiger partial charge >= 0.3 is 0 Å². The number of nitrogens with one attached hydrogen (secondary N) is 1. The third-order valence-corrected chi connectivity index (χ3v) is 2.78. The second kappa shape index (κ2) is 3.96. The summed E-state index contributed by atoms with van der Waals surface area (Å²) in [5.41, 5.74) is 8.32. The Kier molecular flexibility index (Phi) is 2.68. The lowest BCUT2D eigenvalue weighted by Gasteiger charge is -2.13. The van der Waals surface area contributed by atoms with Crippen LogP contribution in [0.2, 0.25) is 0 Å². The number of nitrogens with zero attached hydrogens (tertiary/aromatic N) is 1. The summed E-state index contributed by atoms with van der Waals surface area (Å²) < 4.78 is 0. The first-order valence-electron chi connectivity index (χ1n) is 5.17. The van der Waals surface area contributed by atoms with E-state index in [0.29, 0.717) is 6.04 Å². The van der Waals surface area contributed by atoms with Crippen molar-refractivity contribution in [2.75, 3.05) is 11.9 Å².